The highest BCUT2D eigenvalue weighted by Gasteiger charge is 2.25. The molecule has 2 saturated heterocycles. The van der Waals surface area contributed by atoms with E-state index in [9.17, 15) is 9.59 Å². The van der Waals surface area contributed by atoms with E-state index in [2.05, 4.69) is 30.7 Å². The zero-order valence-corrected chi connectivity index (χ0v) is 17.8. The number of aromatic amines is 1. The molecule has 2 fully saturated rings. The Hall–Kier alpha value is -2.34. The van der Waals surface area contributed by atoms with Crippen molar-refractivity contribution < 1.29 is 9.59 Å². The third-order valence-corrected chi connectivity index (χ3v) is 6.50. The molecular weight excluding hydrogens is 364 g/mol. The number of hydrogen-bond acceptors (Lipinski definition) is 3. The molecule has 0 aliphatic carbocycles. The van der Waals surface area contributed by atoms with Gasteiger partial charge in [0.05, 0.1) is 0 Å². The molecule has 0 atom stereocenters. The number of hydrogen-bond donors (Lipinski definition) is 1. The first kappa shape index (κ1) is 20.0. The van der Waals surface area contributed by atoms with Crippen molar-refractivity contribution in [2.24, 2.45) is 5.92 Å². The molecule has 156 valence electrons. The molecule has 2 aliphatic heterocycles. The van der Waals surface area contributed by atoms with Crippen LogP contribution in [0.25, 0.3) is 10.9 Å². The van der Waals surface area contributed by atoms with Crippen molar-refractivity contribution >= 4 is 22.7 Å². The van der Waals surface area contributed by atoms with Crippen LogP contribution in [0, 0.1) is 5.92 Å². The highest BCUT2D eigenvalue weighted by atomic mass is 16.2. The molecule has 1 aromatic heterocycles. The van der Waals surface area contributed by atoms with Crippen LogP contribution < -0.4 is 0 Å². The standard InChI is InChI=1S/C23H32N4O2/c1-16(2)25-10-12-27(13-11-25)22(28)18-4-5-20-19(14-18)15-21(24-20)23(29)26-8-6-17(3)7-9-26/h4-5,14-17,24H,6-13H2,1-3H3. The summed E-state index contributed by atoms with van der Waals surface area (Å²) in [6.45, 7) is 11.6. The van der Waals surface area contributed by atoms with Crippen LogP contribution in [0.2, 0.25) is 0 Å². The summed E-state index contributed by atoms with van der Waals surface area (Å²) >= 11 is 0. The molecule has 29 heavy (non-hydrogen) atoms. The Morgan fingerprint density at radius 3 is 2.24 bits per heavy atom. The van der Waals surface area contributed by atoms with E-state index in [4.69, 9.17) is 0 Å². The monoisotopic (exact) mass is 396 g/mol. The number of nitrogens with zero attached hydrogens (tertiary/aromatic N) is 3. The lowest BCUT2D eigenvalue weighted by Gasteiger charge is -2.37. The van der Waals surface area contributed by atoms with Crippen molar-refractivity contribution in [3.8, 4) is 0 Å². The number of H-pyrrole nitrogens is 1. The maximum Gasteiger partial charge on any atom is 0.270 e. The Balaban J connectivity index is 1.47. The van der Waals surface area contributed by atoms with Crippen molar-refractivity contribution in [2.45, 2.75) is 39.7 Å². The fourth-order valence-electron chi connectivity index (χ4n) is 4.39. The molecule has 0 radical (unpaired) electrons. The summed E-state index contributed by atoms with van der Waals surface area (Å²) in [5.74, 6) is 0.831. The molecule has 0 spiro atoms. The number of amides is 2. The number of piperidine rings is 1. The van der Waals surface area contributed by atoms with Gasteiger partial charge in [0.2, 0.25) is 0 Å². The van der Waals surface area contributed by atoms with Crippen LogP contribution in [0.5, 0.6) is 0 Å². The summed E-state index contributed by atoms with van der Waals surface area (Å²) in [7, 11) is 0. The fourth-order valence-corrected chi connectivity index (χ4v) is 4.39. The summed E-state index contributed by atoms with van der Waals surface area (Å²) in [6.07, 6.45) is 2.13. The van der Waals surface area contributed by atoms with Gasteiger partial charge in [0.1, 0.15) is 5.69 Å². The third-order valence-electron chi connectivity index (χ3n) is 6.50. The summed E-state index contributed by atoms with van der Waals surface area (Å²) in [5.41, 5.74) is 2.21. The highest BCUT2D eigenvalue weighted by molar-refractivity contribution is 6.01. The maximum atomic E-state index is 13.0. The zero-order valence-electron chi connectivity index (χ0n) is 17.8. The van der Waals surface area contributed by atoms with Crippen LogP contribution in [0.4, 0.5) is 0 Å². The minimum absolute atomic E-state index is 0.0609. The van der Waals surface area contributed by atoms with Gasteiger partial charge in [0.15, 0.2) is 0 Å². The number of carbonyl (C=O) groups excluding carboxylic acids is 2. The van der Waals surface area contributed by atoms with Gasteiger partial charge in [-0.05, 0) is 56.9 Å². The molecule has 2 amide bonds. The normalized spacial score (nSPS) is 19.3. The molecule has 0 saturated carbocycles. The van der Waals surface area contributed by atoms with E-state index in [1.165, 1.54) is 0 Å². The van der Waals surface area contributed by atoms with Crippen molar-refractivity contribution in [1.82, 2.24) is 19.7 Å². The van der Waals surface area contributed by atoms with Gasteiger partial charge < -0.3 is 14.8 Å². The summed E-state index contributed by atoms with van der Waals surface area (Å²) in [5, 5.41) is 0.922. The van der Waals surface area contributed by atoms with Crippen LogP contribution in [-0.4, -0.2) is 76.8 Å². The number of piperazine rings is 1. The van der Waals surface area contributed by atoms with Gasteiger partial charge in [0, 0.05) is 61.8 Å². The van der Waals surface area contributed by atoms with Gasteiger partial charge in [-0.2, -0.15) is 0 Å². The quantitative estimate of drug-likeness (QED) is 0.867. The molecule has 4 rings (SSSR count). The number of benzene rings is 1. The second-order valence-corrected chi connectivity index (χ2v) is 8.88. The first-order valence-electron chi connectivity index (χ1n) is 10.9. The van der Waals surface area contributed by atoms with Gasteiger partial charge in [-0.1, -0.05) is 6.92 Å². The molecule has 1 aromatic carbocycles. The van der Waals surface area contributed by atoms with E-state index >= 15 is 0 Å². The molecule has 0 unspecified atom stereocenters. The van der Waals surface area contributed by atoms with E-state index in [1.54, 1.807) is 0 Å². The minimum atomic E-state index is 0.0609. The van der Waals surface area contributed by atoms with E-state index in [-0.39, 0.29) is 11.8 Å². The first-order chi connectivity index (χ1) is 13.9. The van der Waals surface area contributed by atoms with Crippen molar-refractivity contribution in [3.05, 3.63) is 35.5 Å². The highest BCUT2D eigenvalue weighted by Crippen LogP contribution is 2.22. The van der Waals surface area contributed by atoms with E-state index < -0.39 is 0 Å². The van der Waals surface area contributed by atoms with Gasteiger partial charge in [-0.15, -0.1) is 0 Å². The van der Waals surface area contributed by atoms with Gasteiger partial charge in [-0.3, -0.25) is 14.5 Å². The smallest absolute Gasteiger partial charge is 0.270 e. The lowest BCUT2D eigenvalue weighted by molar-refractivity contribution is 0.0595. The Morgan fingerprint density at radius 1 is 0.931 bits per heavy atom. The maximum absolute atomic E-state index is 13.0. The van der Waals surface area contributed by atoms with Crippen LogP contribution in [-0.2, 0) is 0 Å². The van der Waals surface area contributed by atoms with E-state index in [0.717, 1.165) is 63.0 Å². The summed E-state index contributed by atoms with van der Waals surface area (Å²) < 4.78 is 0. The molecular formula is C23H32N4O2. The number of nitrogens with one attached hydrogen (secondary N) is 1. The van der Waals surface area contributed by atoms with Gasteiger partial charge in [-0.25, -0.2) is 0 Å². The van der Waals surface area contributed by atoms with Crippen molar-refractivity contribution in [2.75, 3.05) is 39.3 Å². The average Bonchev–Trinajstić information content (AvgIpc) is 3.16. The van der Waals surface area contributed by atoms with E-state index in [1.807, 2.05) is 34.1 Å². The number of aromatic nitrogens is 1. The Morgan fingerprint density at radius 2 is 1.59 bits per heavy atom. The number of carbonyl (C=O) groups is 2. The third kappa shape index (κ3) is 4.17. The number of likely N-dealkylation sites (tertiary alicyclic amines) is 1. The molecule has 6 nitrogen and oxygen atoms in total. The van der Waals surface area contributed by atoms with Gasteiger partial charge >= 0.3 is 0 Å². The van der Waals surface area contributed by atoms with E-state index in [0.29, 0.717) is 23.2 Å². The topological polar surface area (TPSA) is 59.7 Å². The molecule has 2 aromatic rings. The second kappa shape index (κ2) is 8.19. The fraction of sp³-hybridized carbons (Fsp3) is 0.565. The summed E-state index contributed by atoms with van der Waals surface area (Å²) in [6, 6.07) is 8.11. The van der Waals surface area contributed by atoms with Crippen LogP contribution in [0.15, 0.2) is 24.3 Å². The largest absolute Gasteiger partial charge is 0.351 e. The second-order valence-electron chi connectivity index (χ2n) is 8.88. The van der Waals surface area contributed by atoms with Gasteiger partial charge in [0.25, 0.3) is 11.8 Å². The SMILES string of the molecule is CC1CCN(C(=O)c2cc3cc(C(=O)N4CCN(C(C)C)CC4)ccc3[nH]2)CC1. The Kier molecular flexibility index (Phi) is 5.63. The first-order valence-corrected chi connectivity index (χ1v) is 10.9. The lowest BCUT2D eigenvalue weighted by atomic mass is 9.99. The predicted octanol–water partition coefficient (Wildman–Crippen LogP) is 3.21. The minimum Gasteiger partial charge on any atom is -0.351 e. The summed E-state index contributed by atoms with van der Waals surface area (Å²) in [4.78, 5) is 35.3. The molecule has 6 heteroatoms. The predicted molar refractivity (Wildman–Crippen MR) is 115 cm³/mol. The zero-order chi connectivity index (χ0) is 20.5. The lowest BCUT2D eigenvalue weighted by Crippen LogP contribution is -2.50. The Labute approximate surface area is 172 Å². The van der Waals surface area contributed by atoms with Crippen LogP contribution >= 0.6 is 0 Å². The van der Waals surface area contributed by atoms with Crippen LogP contribution in [0.3, 0.4) is 0 Å². The average molecular weight is 397 g/mol. The molecule has 2 aliphatic rings. The van der Waals surface area contributed by atoms with Crippen LogP contribution in [0.1, 0.15) is 54.5 Å². The molecule has 3 heterocycles. The number of rotatable bonds is 3. The molecule has 0 bridgehead atoms. The number of fused-ring (bicyclic) bond motifs is 1. The molecule has 1 N–H and O–H groups in total. The Bertz CT molecular complexity index is 887. The van der Waals surface area contributed by atoms with Crippen molar-refractivity contribution in [1.29, 1.82) is 0 Å². The van der Waals surface area contributed by atoms with Crippen molar-refractivity contribution in [3.63, 3.8) is 0 Å².